The van der Waals surface area contributed by atoms with Crippen LogP contribution in [0.25, 0.3) is 98.2 Å². The molecule has 0 atom stereocenters. The van der Waals surface area contributed by atoms with Gasteiger partial charge >= 0.3 is 0 Å². The summed E-state index contributed by atoms with van der Waals surface area (Å²) in [4.78, 5) is 15.0. The molecule has 0 amide bonds. The first-order chi connectivity index (χ1) is 23.8. The van der Waals surface area contributed by atoms with Crippen LogP contribution in [0.15, 0.2) is 156 Å². The van der Waals surface area contributed by atoms with E-state index in [0.29, 0.717) is 17.5 Å². The van der Waals surface area contributed by atoms with Crippen LogP contribution in [0.3, 0.4) is 0 Å². The molecule has 10 rings (SSSR count). The summed E-state index contributed by atoms with van der Waals surface area (Å²) in [6, 6.07) is 52.8. The average molecular weight is 632 g/mol. The number of fused-ring (bicyclic) bond motifs is 7. The van der Waals surface area contributed by atoms with Crippen molar-refractivity contribution >= 4 is 64.2 Å². The van der Waals surface area contributed by atoms with Crippen molar-refractivity contribution in [2.75, 3.05) is 0 Å². The summed E-state index contributed by atoms with van der Waals surface area (Å²) in [5.41, 5.74) is 6.89. The average Bonchev–Trinajstić information content (AvgIpc) is 3.73. The Hall–Kier alpha value is -6.17. The van der Waals surface area contributed by atoms with Gasteiger partial charge in [0.15, 0.2) is 17.5 Å². The van der Waals surface area contributed by atoms with E-state index in [4.69, 9.17) is 19.4 Å². The van der Waals surface area contributed by atoms with E-state index in [0.717, 1.165) is 44.0 Å². The van der Waals surface area contributed by atoms with Crippen LogP contribution >= 0.6 is 11.3 Å². The molecule has 0 aliphatic heterocycles. The molecule has 48 heavy (non-hydrogen) atoms. The van der Waals surface area contributed by atoms with Gasteiger partial charge in [-0.25, -0.2) is 15.0 Å². The number of rotatable bonds is 4. The Kier molecular flexibility index (Phi) is 6.01. The Morgan fingerprint density at radius 2 is 1.02 bits per heavy atom. The van der Waals surface area contributed by atoms with Crippen LogP contribution in [0.5, 0.6) is 0 Å². The Morgan fingerprint density at radius 3 is 1.88 bits per heavy atom. The molecule has 0 aliphatic carbocycles. The molecular formula is C43H25N3OS. The molecule has 0 saturated carbocycles. The molecule has 3 aromatic heterocycles. The fourth-order valence-corrected chi connectivity index (χ4v) is 8.06. The Labute approximate surface area is 279 Å². The fourth-order valence-electron chi connectivity index (χ4n) is 6.83. The van der Waals surface area contributed by atoms with E-state index in [1.54, 1.807) is 0 Å². The maximum absolute atomic E-state index is 6.21. The zero-order chi connectivity index (χ0) is 31.6. The smallest absolute Gasteiger partial charge is 0.164 e. The van der Waals surface area contributed by atoms with Crippen molar-refractivity contribution in [3.05, 3.63) is 152 Å². The Bertz CT molecular complexity index is 2850. The molecule has 4 nitrogen and oxygen atoms in total. The second kappa shape index (κ2) is 10.7. The summed E-state index contributed by atoms with van der Waals surface area (Å²) in [6.45, 7) is 0. The van der Waals surface area contributed by atoms with Gasteiger partial charge in [-0.2, -0.15) is 0 Å². The van der Waals surface area contributed by atoms with Crippen molar-refractivity contribution in [3.63, 3.8) is 0 Å². The SMILES string of the molecule is c1ccc(-c2nc(-c3ccc4c(-c5cccc6c5sc5ccccc56)cccc4c3)nc(-c3ccc4c(c3)oc3ccccc34)n2)cc1. The molecule has 0 bridgehead atoms. The summed E-state index contributed by atoms with van der Waals surface area (Å²) in [5, 5.41) is 7.10. The number of nitrogens with zero attached hydrogens (tertiary/aromatic N) is 3. The minimum absolute atomic E-state index is 0.603. The second-order valence-corrected chi connectivity index (χ2v) is 13.1. The lowest BCUT2D eigenvalue weighted by molar-refractivity contribution is 0.669. The highest BCUT2D eigenvalue weighted by Gasteiger charge is 2.16. The minimum atomic E-state index is 0.603. The third kappa shape index (κ3) is 4.33. The normalized spacial score (nSPS) is 11.8. The van der Waals surface area contributed by atoms with E-state index in [2.05, 4.69) is 97.1 Å². The van der Waals surface area contributed by atoms with Crippen molar-refractivity contribution in [1.82, 2.24) is 15.0 Å². The van der Waals surface area contributed by atoms with E-state index in [1.807, 2.05) is 65.9 Å². The molecule has 0 radical (unpaired) electrons. The third-order valence-corrected chi connectivity index (χ3v) is 10.4. The molecule has 0 unspecified atom stereocenters. The van der Waals surface area contributed by atoms with E-state index in [9.17, 15) is 0 Å². The molecule has 0 N–H and O–H groups in total. The molecule has 7 aromatic carbocycles. The molecular weight excluding hydrogens is 607 g/mol. The molecule has 0 saturated heterocycles. The van der Waals surface area contributed by atoms with Gasteiger partial charge in [-0.15, -0.1) is 11.3 Å². The van der Waals surface area contributed by atoms with Crippen molar-refractivity contribution in [3.8, 4) is 45.3 Å². The maximum Gasteiger partial charge on any atom is 0.164 e. The number of aromatic nitrogens is 3. The van der Waals surface area contributed by atoms with Gasteiger partial charge in [-0.3, -0.25) is 0 Å². The first kappa shape index (κ1) is 27.0. The number of hydrogen-bond donors (Lipinski definition) is 0. The van der Waals surface area contributed by atoms with E-state index in [1.165, 1.54) is 36.7 Å². The molecule has 5 heteroatoms. The fraction of sp³-hybridized carbons (Fsp3) is 0. The third-order valence-electron chi connectivity index (χ3n) is 9.14. The molecule has 10 aromatic rings. The monoisotopic (exact) mass is 631 g/mol. The number of hydrogen-bond acceptors (Lipinski definition) is 5. The molecule has 0 spiro atoms. The van der Waals surface area contributed by atoms with Crippen LogP contribution in [0.1, 0.15) is 0 Å². The predicted octanol–water partition coefficient (Wildman–Crippen LogP) is 12.0. The van der Waals surface area contributed by atoms with E-state index >= 15 is 0 Å². The lowest BCUT2D eigenvalue weighted by Gasteiger charge is -2.11. The van der Waals surface area contributed by atoms with E-state index in [-0.39, 0.29) is 0 Å². The number of thiophene rings is 1. The zero-order valence-corrected chi connectivity index (χ0v) is 26.4. The van der Waals surface area contributed by atoms with Gasteiger partial charge in [0, 0.05) is 53.2 Å². The van der Waals surface area contributed by atoms with Crippen LogP contribution in [-0.4, -0.2) is 15.0 Å². The second-order valence-electron chi connectivity index (χ2n) is 12.0. The van der Waals surface area contributed by atoms with Crippen molar-refractivity contribution in [1.29, 1.82) is 0 Å². The summed E-state index contributed by atoms with van der Waals surface area (Å²) in [6.07, 6.45) is 0. The predicted molar refractivity (Wildman–Crippen MR) is 199 cm³/mol. The zero-order valence-electron chi connectivity index (χ0n) is 25.6. The Balaban J connectivity index is 1.13. The van der Waals surface area contributed by atoms with Crippen molar-refractivity contribution in [2.24, 2.45) is 0 Å². The minimum Gasteiger partial charge on any atom is -0.456 e. The van der Waals surface area contributed by atoms with Gasteiger partial charge in [0.2, 0.25) is 0 Å². The van der Waals surface area contributed by atoms with Gasteiger partial charge in [0.1, 0.15) is 11.2 Å². The first-order valence-electron chi connectivity index (χ1n) is 15.9. The molecule has 0 fully saturated rings. The van der Waals surface area contributed by atoms with E-state index < -0.39 is 0 Å². The van der Waals surface area contributed by atoms with Gasteiger partial charge in [0.25, 0.3) is 0 Å². The highest BCUT2D eigenvalue weighted by molar-refractivity contribution is 7.26. The highest BCUT2D eigenvalue weighted by atomic mass is 32.1. The molecule has 3 heterocycles. The summed E-state index contributed by atoms with van der Waals surface area (Å²) in [5.74, 6) is 1.86. The van der Waals surface area contributed by atoms with Gasteiger partial charge in [-0.1, -0.05) is 121 Å². The maximum atomic E-state index is 6.21. The lowest BCUT2D eigenvalue weighted by atomic mass is 9.95. The van der Waals surface area contributed by atoms with Crippen LogP contribution < -0.4 is 0 Å². The molecule has 224 valence electrons. The lowest BCUT2D eigenvalue weighted by Crippen LogP contribution is -2.00. The van der Waals surface area contributed by atoms with Gasteiger partial charge in [-0.05, 0) is 46.7 Å². The van der Waals surface area contributed by atoms with Crippen molar-refractivity contribution < 1.29 is 4.42 Å². The first-order valence-corrected chi connectivity index (χ1v) is 16.8. The quantitative estimate of drug-likeness (QED) is 0.194. The molecule has 0 aliphatic rings. The van der Waals surface area contributed by atoms with Crippen LogP contribution in [0, 0.1) is 0 Å². The van der Waals surface area contributed by atoms with Gasteiger partial charge in [0.05, 0.1) is 0 Å². The number of benzene rings is 7. The van der Waals surface area contributed by atoms with Crippen LogP contribution in [0.2, 0.25) is 0 Å². The summed E-state index contributed by atoms with van der Waals surface area (Å²) < 4.78 is 8.83. The van der Waals surface area contributed by atoms with Crippen LogP contribution in [-0.2, 0) is 0 Å². The highest BCUT2D eigenvalue weighted by Crippen LogP contribution is 2.42. The summed E-state index contributed by atoms with van der Waals surface area (Å²) in [7, 11) is 0. The van der Waals surface area contributed by atoms with Crippen LogP contribution in [0.4, 0.5) is 0 Å². The van der Waals surface area contributed by atoms with Crippen molar-refractivity contribution in [2.45, 2.75) is 0 Å². The number of para-hydroxylation sites is 1. The largest absolute Gasteiger partial charge is 0.456 e. The standard InChI is InChI=1S/C43H25N3OS/c1-2-10-26(11-3-1)41-44-42(46-43(45-41)29-21-23-33-32-13-4-6-18-37(32)47-38(33)25-29)28-20-22-30-27(24-28)12-8-15-31(30)35-16-9-17-36-34-14-5-7-19-39(34)48-40(35)36/h1-25H. The summed E-state index contributed by atoms with van der Waals surface area (Å²) >= 11 is 1.86. The Morgan fingerprint density at radius 1 is 0.396 bits per heavy atom. The van der Waals surface area contributed by atoms with Gasteiger partial charge < -0.3 is 4.42 Å². The topological polar surface area (TPSA) is 51.8 Å². The number of furan rings is 1.